The van der Waals surface area contributed by atoms with Crippen molar-refractivity contribution in [2.45, 2.75) is 64.7 Å². The fraction of sp³-hybridized carbons (Fsp3) is 0.458. The highest BCUT2D eigenvalue weighted by Crippen LogP contribution is 2.38. The summed E-state index contributed by atoms with van der Waals surface area (Å²) >= 11 is 1.42. The van der Waals surface area contributed by atoms with Crippen LogP contribution in [0.15, 0.2) is 47.5 Å². The van der Waals surface area contributed by atoms with Crippen molar-refractivity contribution < 1.29 is 13.9 Å². The number of thioether (sulfide) groups is 1. The van der Waals surface area contributed by atoms with Crippen molar-refractivity contribution in [1.29, 1.82) is 0 Å². The van der Waals surface area contributed by atoms with Crippen LogP contribution in [0.25, 0.3) is 0 Å². The third kappa shape index (κ3) is 6.47. The molecule has 3 rings (SSSR count). The quantitative estimate of drug-likeness (QED) is 0.400. The van der Waals surface area contributed by atoms with Crippen LogP contribution in [-0.4, -0.2) is 11.2 Å². The van der Waals surface area contributed by atoms with Gasteiger partial charge in [0.05, 0.1) is 6.61 Å². The summed E-state index contributed by atoms with van der Waals surface area (Å²) in [6, 6.07) is 12.9. The van der Waals surface area contributed by atoms with E-state index >= 15 is 0 Å². The van der Waals surface area contributed by atoms with E-state index < -0.39 is 6.29 Å². The normalized spacial score (nSPS) is 17.5. The lowest BCUT2D eigenvalue weighted by atomic mass is 10.0. The molecule has 0 bridgehead atoms. The van der Waals surface area contributed by atoms with E-state index in [4.69, 9.17) is 15.2 Å². The second kappa shape index (κ2) is 10.8. The summed E-state index contributed by atoms with van der Waals surface area (Å²) in [5, 5.41) is 0.525. The Labute approximate surface area is 183 Å². The molecule has 2 aromatic carbocycles. The summed E-state index contributed by atoms with van der Waals surface area (Å²) in [4.78, 5) is 4.58. The molecule has 6 heteroatoms. The second-order valence-electron chi connectivity index (χ2n) is 8.15. The summed E-state index contributed by atoms with van der Waals surface area (Å²) in [5.41, 5.74) is 8.56. The Balaban J connectivity index is 1.65. The van der Waals surface area contributed by atoms with Crippen LogP contribution in [0.3, 0.4) is 0 Å². The van der Waals surface area contributed by atoms with Crippen LogP contribution in [-0.2, 0) is 17.1 Å². The highest BCUT2D eigenvalue weighted by molar-refractivity contribution is 8.13. The average molecular weight is 431 g/mol. The van der Waals surface area contributed by atoms with Crippen molar-refractivity contribution >= 4 is 16.9 Å². The fourth-order valence-corrected chi connectivity index (χ4v) is 4.22. The maximum atomic E-state index is 14.1. The molecule has 0 radical (unpaired) electrons. The summed E-state index contributed by atoms with van der Waals surface area (Å²) in [6.45, 7) is 6.85. The molecule has 1 aliphatic rings. The van der Waals surface area contributed by atoms with Crippen molar-refractivity contribution in [3.8, 4) is 5.75 Å². The molecule has 1 heterocycles. The number of rotatable bonds is 8. The SMILES string of the molecule is CC(C)CCC[C@H](C)N=C(N)SCc1cc(F)cc2c1O[C@H](c1ccccc1)OC2. The Morgan fingerprint density at radius 1 is 1.20 bits per heavy atom. The van der Waals surface area contributed by atoms with Gasteiger partial charge in [-0.2, -0.15) is 0 Å². The van der Waals surface area contributed by atoms with Crippen molar-refractivity contribution in [2.24, 2.45) is 16.6 Å². The zero-order chi connectivity index (χ0) is 21.5. The standard InChI is InChI=1S/C24H31FN2O2S/c1-16(2)8-7-9-17(3)27-24(26)30-15-20-13-21(25)12-19-14-28-23(29-22(19)20)18-10-5-4-6-11-18/h4-6,10-13,16-17,23H,7-9,14-15H2,1-3H3,(H2,26,27)/t17-,23+/m0/s1. The monoisotopic (exact) mass is 430 g/mol. The third-order valence-corrected chi connectivity index (χ3v) is 5.88. The first-order chi connectivity index (χ1) is 14.4. The minimum absolute atomic E-state index is 0.185. The van der Waals surface area contributed by atoms with Gasteiger partial charge < -0.3 is 15.2 Å². The molecule has 0 unspecified atom stereocenters. The molecule has 1 aliphatic heterocycles. The molecule has 0 spiro atoms. The van der Waals surface area contributed by atoms with E-state index in [9.17, 15) is 4.39 Å². The van der Waals surface area contributed by atoms with E-state index in [0.717, 1.165) is 29.5 Å². The zero-order valence-electron chi connectivity index (χ0n) is 17.9. The molecular formula is C24H31FN2O2S. The summed E-state index contributed by atoms with van der Waals surface area (Å²) in [5.74, 6) is 1.58. The van der Waals surface area contributed by atoms with Crippen LogP contribution in [0.1, 0.15) is 63.0 Å². The summed E-state index contributed by atoms with van der Waals surface area (Å²) in [6.07, 6.45) is 2.87. The van der Waals surface area contributed by atoms with Crippen LogP contribution >= 0.6 is 11.8 Å². The number of benzene rings is 2. The van der Waals surface area contributed by atoms with E-state index in [1.165, 1.54) is 30.3 Å². The summed E-state index contributed by atoms with van der Waals surface area (Å²) in [7, 11) is 0. The number of fused-ring (bicyclic) bond motifs is 1. The minimum atomic E-state index is -0.500. The number of halogens is 1. The molecule has 0 aliphatic carbocycles. The van der Waals surface area contributed by atoms with E-state index in [0.29, 0.717) is 29.2 Å². The number of nitrogens with zero attached hydrogens (tertiary/aromatic N) is 1. The molecule has 0 fully saturated rings. The van der Waals surface area contributed by atoms with Gasteiger partial charge in [0.25, 0.3) is 0 Å². The molecule has 0 aromatic heterocycles. The maximum Gasteiger partial charge on any atom is 0.227 e. The number of hydrogen-bond acceptors (Lipinski definition) is 4. The maximum absolute atomic E-state index is 14.1. The van der Waals surface area contributed by atoms with Gasteiger partial charge in [0, 0.05) is 28.5 Å². The lowest BCUT2D eigenvalue weighted by molar-refractivity contribution is -0.112. The predicted octanol–water partition coefficient (Wildman–Crippen LogP) is 6.20. The van der Waals surface area contributed by atoms with Crippen LogP contribution in [0, 0.1) is 11.7 Å². The van der Waals surface area contributed by atoms with Gasteiger partial charge in [-0.25, -0.2) is 4.39 Å². The average Bonchev–Trinajstić information content (AvgIpc) is 2.72. The molecular weight excluding hydrogens is 399 g/mol. The van der Waals surface area contributed by atoms with E-state index in [-0.39, 0.29) is 11.9 Å². The van der Waals surface area contributed by atoms with Crippen LogP contribution in [0.4, 0.5) is 4.39 Å². The Morgan fingerprint density at radius 2 is 1.97 bits per heavy atom. The molecule has 2 atom stereocenters. The zero-order valence-corrected chi connectivity index (χ0v) is 18.8. The molecule has 162 valence electrons. The van der Waals surface area contributed by atoms with Crippen molar-refractivity contribution in [2.75, 3.05) is 0 Å². The van der Waals surface area contributed by atoms with Crippen LogP contribution < -0.4 is 10.5 Å². The third-order valence-electron chi connectivity index (χ3n) is 5.02. The summed E-state index contributed by atoms with van der Waals surface area (Å²) < 4.78 is 26.0. The number of nitrogens with two attached hydrogens (primary N) is 1. The first-order valence-electron chi connectivity index (χ1n) is 10.5. The van der Waals surface area contributed by atoms with Gasteiger partial charge in [-0.15, -0.1) is 0 Å². The van der Waals surface area contributed by atoms with Gasteiger partial charge in [0.2, 0.25) is 6.29 Å². The van der Waals surface area contributed by atoms with Crippen molar-refractivity contribution in [1.82, 2.24) is 0 Å². The van der Waals surface area contributed by atoms with Gasteiger partial charge >= 0.3 is 0 Å². The molecule has 4 nitrogen and oxygen atoms in total. The first-order valence-corrected chi connectivity index (χ1v) is 11.5. The molecule has 30 heavy (non-hydrogen) atoms. The van der Waals surface area contributed by atoms with E-state index in [1.807, 2.05) is 30.3 Å². The Kier molecular flexibility index (Phi) is 8.16. The Bertz CT molecular complexity index is 858. The number of amidine groups is 1. The van der Waals surface area contributed by atoms with E-state index in [2.05, 4.69) is 25.8 Å². The highest BCUT2D eigenvalue weighted by Gasteiger charge is 2.25. The molecule has 2 N–H and O–H groups in total. The lowest BCUT2D eigenvalue weighted by Gasteiger charge is -2.28. The highest BCUT2D eigenvalue weighted by atomic mass is 32.2. The lowest BCUT2D eigenvalue weighted by Crippen LogP contribution is -2.19. The predicted molar refractivity (Wildman–Crippen MR) is 122 cm³/mol. The topological polar surface area (TPSA) is 56.8 Å². The number of ether oxygens (including phenoxy) is 2. The van der Waals surface area contributed by atoms with Crippen molar-refractivity contribution in [3.05, 3.63) is 65.0 Å². The van der Waals surface area contributed by atoms with Crippen molar-refractivity contribution in [3.63, 3.8) is 0 Å². The molecule has 0 amide bonds. The van der Waals surface area contributed by atoms with Gasteiger partial charge in [-0.1, -0.05) is 68.8 Å². The first kappa shape index (κ1) is 22.6. The molecule has 0 saturated heterocycles. The fourth-order valence-electron chi connectivity index (χ4n) is 3.45. The smallest absolute Gasteiger partial charge is 0.227 e. The van der Waals surface area contributed by atoms with Gasteiger partial charge in [-0.3, -0.25) is 4.99 Å². The largest absolute Gasteiger partial charge is 0.460 e. The van der Waals surface area contributed by atoms with Gasteiger partial charge in [0.15, 0.2) is 5.17 Å². The molecule has 2 aromatic rings. The van der Waals surface area contributed by atoms with E-state index in [1.54, 1.807) is 0 Å². The molecule has 0 saturated carbocycles. The van der Waals surface area contributed by atoms with Crippen LogP contribution in [0.5, 0.6) is 5.75 Å². The Hall–Kier alpha value is -2.05. The van der Waals surface area contributed by atoms with Gasteiger partial charge in [-0.05, 0) is 31.4 Å². The second-order valence-corrected chi connectivity index (χ2v) is 9.15. The minimum Gasteiger partial charge on any atom is -0.460 e. The number of aliphatic imine (C=N–C) groups is 1. The van der Waals surface area contributed by atoms with Crippen LogP contribution in [0.2, 0.25) is 0 Å². The van der Waals surface area contributed by atoms with Gasteiger partial charge in [0.1, 0.15) is 11.6 Å². The Morgan fingerprint density at radius 3 is 2.70 bits per heavy atom. The number of hydrogen-bond donors (Lipinski definition) is 1.